The molecule has 3 nitrogen and oxygen atoms in total. The van der Waals surface area contributed by atoms with Crippen LogP contribution >= 0.6 is 0 Å². The second-order valence-corrected chi connectivity index (χ2v) is 6.47. The standard InChI is InChI=1S/C26H21NO2/c1-2-18-28-26-17-12-20-8-6-7-11-24(20)25(26)19-27-21-13-15-23(16-14-21)29-22-9-4-3-5-10-22/h2-17,19H,1,18H2. The van der Waals surface area contributed by atoms with Gasteiger partial charge in [0, 0.05) is 11.8 Å². The number of fused-ring (bicyclic) bond motifs is 1. The molecule has 0 aliphatic rings. The number of benzene rings is 4. The van der Waals surface area contributed by atoms with Gasteiger partial charge >= 0.3 is 0 Å². The number of nitrogens with zero attached hydrogens (tertiary/aromatic N) is 1. The molecular weight excluding hydrogens is 358 g/mol. The topological polar surface area (TPSA) is 30.8 Å². The molecular formula is C26H21NO2. The largest absolute Gasteiger partial charge is 0.489 e. The summed E-state index contributed by atoms with van der Waals surface area (Å²) in [5, 5.41) is 2.24. The molecule has 142 valence electrons. The fourth-order valence-electron chi connectivity index (χ4n) is 3.05. The maximum absolute atomic E-state index is 5.84. The van der Waals surface area contributed by atoms with Crippen LogP contribution in [0.3, 0.4) is 0 Å². The molecule has 0 spiro atoms. The highest BCUT2D eigenvalue weighted by Crippen LogP contribution is 2.28. The predicted octanol–water partition coefficient (Wildman–Crippen LogP) is 6.95. The van der Waals surface area contributed by atoms with E-state index in [1.54, 1.807) is 6.08 Å². The van der Waals surface area contributed by atoms with E-state index in [0.29, 0.717) is 6.61 Å². The first-order chi connectivity index (χ1) is 14.3. The van der Waals surface area contributed by atoms with E-state index in [1.165, 1.54) is 0 Å². The minimum atomic E-state index is 0.449. The average molecular weight is 379 g/mol. The van der Waals surface area contributed by atoms with E-state index in [1.807, 2.05) is 79.0 Å². The van der Waals surface area contributed by atoms with Gasteiger partial charge in [0.15, 0.2) is 0 Å². The van der Waals surface area contributed by atoms with Gasteiger partial charge in [-0.25, -0.2) is 0 Å². The molecule has 4 aromatic rings. The molecule has 0 radical (unpaired) electrons. The fraction of sp³-hybridized carbons (Fsp3) is 0.0385. The third-order valence-electron chi connectivity index (χ3n) is 4.45. The van der Waals surface area contributed by atoms with Gasteiger partial charge in [-0.1, -0.05) is 61.2 Å². The number of para-hydroxylation sites is 1. The molecule has 0 saturated heterocycles. The van der Waals surface area contributed by atoms with E-state index < -0.39 is 0 Å². The zero-order valence-electron chi connectivity index (χ0n) is 16.0. The summed E-state index contributed by atoms with van der Waals surface area (Å²) in [7, 11) is 0. The van der Waals surface area contributed by atoms with Crippen LogP contribution in [0, 0.1) is 0 Å². The van der Waals surface area contributed by atoms with E-state index in [4.69, 9.17) is 9.47 Å². The quantitative estimate of drug-likeness (QED) is 0.257. The lowest BCUT2D eigenvalue weighted by Gasteiger charge is -2.10. The lowest BCUT2D eigenvalue weighted by molar-refractivity contribution is 0.363. The summed E-state index contributed by atoms with van der Waals surface area (Å²) in [6.07, 6.45) is 3.59. The van der Waals surface area contributed by atoms with Crippen LogP contribution in [-0.4, -0.2) is 12.8 Å². The van der Waals surface area contributed by atoms with Crippen LogP contribution in [0.4, 0.5) is 5.69 Å². The van der Waals surface area contributed by atoms with Gasteiger partial charge in [-0.3, -0.25) is 4.99 Å². The first-order valence-electron chi connectivity index (χ1n) is 9.46. The first-order valence-corrected chi connectivity index (χ1v) is 9.46. The molecule has 0 N–H and O–H groups in total. The Labute approximate surface area is 170 Å². The molecule has 0 fully saturated rings. The number of aliphatic imine (C=N–C) groups is 1. The summed E-state index contributed by atoms with van der Waals surface area (Å²) in [4.78, 5) is 4.66. The molecule has 0 saturated carbocycles. The van der Waals surface area contributed by atoms with Gasteiger partial charge in [0.05, 0.1) is 5.69 Å². The van der Waals surface area contributed by atoms with Gasteiger partial charge in [0.2, 0.25) is 0 Å². The summed E-state index contributed by atoms with van der Waals surface area (Å²) in [6, 6.07) is 29.7. The second-order valence-electron chi connectivity index (χ2n) is 6.47. The molecule has 0 amide bonds. The predicted molar refractivity (Wildman–Crippen MR) is 120 cm³/mol. The van der Waals surface area contributed by atoms with Crippen LogP contribution in [0.25, 0.3) is 10.8 Å². The molecule has 3 heteroatoms. The zero-order valence-corrected chi connectivity index (χ0v) is 16.0. The summed E-state index contributed by atoms with van der Waals surface area (Å²) >= 11 is 0. The fourth-order valence-corrected chi connectivity index (χ4v) is 3.05. The number of ether oxygens (including phenoxy) is 2. The van der Waals surface area contributed by atoms with Crippen LogP contribution in [0.15, 0.2) is 109 Å². The van der Waals surface area contributed by atoms with Crippen LogP contribution in [0.2, 0.25) is 0 Å². The Morgan fingerprint density at radius 3 is 2.28 bits per heavy atom. The number of rotatable bonds is 7. The Morgan fingerprint density at radius 1 is 0.759 bits per heavy atom. The van der Waals surface area contributed by atoms with Crippen LogP contribution in [0.5, 0.6) is 17.2 Å². The Kier molecular flexibility index (Phi) is 5.68. The molecule has 0 aliphatic carbocycles. The Balaban J connectivity index is 1.59. The van der Waals surface area contributed by atoms with Gasteiger partial charge in [-0.05, 0) is 53.2 Å². The third kappa shape index (κ3) is 4.53. The lowest BCUT2D eigenvalue weighted by Crippen LogP contribution is -1.98. The van der Waals surface area contributed by atoms with Gasteiger partial charge in [-0.2, -0.15) is 0 Å². The van der Waals surface area contributed by atoms with Crippen molar-refractivity contribution in [3.05, 3.63) is 109 Å². The first kappa shape index (κ1) is 18.5. The summed E-state index contributed by atoms with van der Waals surface area (Å²) in [5.74, 6) is 2.37. The summed E-state index contributed by atoms with van der Waals surface area (Å²) in [5.41, 5.74) is 1.79. The van der Waals surface area contributed by atoms with Crippen molar-refractivity contribution in [1.82, 2.24) is 0 Å². The molecule has 4 aromatic carbocycles. The van der Waals surface area contributed by atoms with Crippen molar-refractivity contribution < 1.29 is 9.47 Å². The van der Waals surface area contributed by atoms with Crippen molar-refractivity contribution in [2.45, 2.75) is 0 Å². The lowest BCUT2D eigenvalue weighted by atomic mass is 10.0. The van der Waals surface area contributed by atoms with E-state index in [9.17, 15) is 0 Å². The molecule has 0 aliphatic heterocycles. The highest BCUT2D eigenvalue weighted by Gasteiger charge is 2.07. The second kappa shape index (κ2) is 8.89. The highest BCUT2D eigenvalue weighted by atomic mass is 16.5. The monoisotopic (exact) mass is 379 g/mol. The van der Waals surface area contributed by atoms with Crippen LogP contribution in [-0.2, 0) is 0 Å². The molecule has 0 bridgehead atoms. The van der Waals surface area contributed by atoms with E-state index in [-0.39, 0.29) is 0 Å². The van der Waals surface area contributed by atoms with Gasteiger partial charge in [0.1, 0.15) is 23.9 Å². The molecule has 0 unspecified atom stereocenters. The van der Waals surface area contributed by atoms with Gasteiger partial charge in [0.25, 0.3) is 0 Å². The van der Waals surface area contributed by atoms with Crippen molar-refractivity contribution in [1.29, 1.82) is 0 Å². The Hall–Kier alpha value is -3.85. The molecule has 0 aromatic heterocycles. The van der Waals surface area contributed by atoms with Crippen molar-refractivity contribution in [3.8, 4) is 17.2 Å². The van der Waals surface area contributed by atoms with Crippen molar-refractivity contribution >= 4 is 22.7 Å². The summed E-state index contributed by atoms with van der Waals surface area (Å²) in [6.45, 7) is 4.18. The highest BCUT2D eigenvalue weighted by molar-refractivity contribution is 6.03. The molecule has 0 atom stereocenters. The van der Waals surface area contributed by atoms with E-state index in [0.717, 1.165) is 39.3 Å². The third-order valence-corrected chi connectivity index (χ3v) is 4.45. The van der Waals surface area contributed by atoms with Crippen molar-refractivity contribution in [2.24, 2.45) is 4.99 Å². The maximum atomic E-state index is 5.84. The van der Waals surface area contributed by atoms with Gasteiger partial charge < -0.3 is 9.47 Å². The minimum Gasteiger partial charge on any atom is -0.489 e. The molecule has 4 rings (SSSR count). The maximum Gasteiger partial charge on any atom is 0.129 e. The van der Waals surface area contributed by atoms with E-state index in [2.05, 4.69) is 29.8 Å². The van der Waals surface area contributed by atoms with Crippen molar-refractivity contribution in [3.63, 3.8) is 0 Å². The molecule has 29 heavy (non-hydrogen) atoms. The Bertz CT molecular complexity index is 1130. The Morgan fingerprint density at radius 2 is 1.48 bits per heavy atom. The van der Waals surface area contributed by atoms with Crippen LogP contribution < -0.4 is 9.47 Å². The minimum absolute atomic E-state index is 0.449. The number of hydrogen-bond donors (Lipinski definition) is 0. The summed E-state index contributed by atoms with van der Waals surface area (Å²) < 4.78 is 11.7. The van der Waals surface area contributed by atoms with E-state index >= 15 is 0 Å². The normalized spacial score (nSPS) is 10.9. The molecule has 0 heterocycles. The van der Waals surface area contributed by atoms with Crippen molar-refractivity contribution in [2.75, 3.05) is 6.61 Å². The average Bonchev–Trinajstić information content (AvgIpc) is 2.78. The number of hydrogen-bond acceptors (Lipinski definition) is 3. The smallest absolute Gasteiger partial charge is 0.129 e. The van der Waals surface area contributed by atoms with Crippen LogP contribution in [0.1, 0.15) is 5.56 Å². The zero-order chi connectivity index (χ0) is 19.9. The van der Waals surface area contributed by atoms with Gasteiger partial charge in [-0.15, -0.1) is 0 Å². The SMILES string of the molecule is C=CCOc1ccc2ccccc2c1C=Nc1ccc(Oc2ccccc2)cc1.